The number of rotatable bonds is 13. The van der Waals surface area contributed by atoms with Gasteiger partial charge in [-0.25, -0.2) is 4.79 Å². The molecule has 0 saturated heterocycles. The molecule has 0 fully saturated rings. The summed E-state index contributed by atoms with van der Waals surface area (Å²) in [5, 5.41) is 8.79. The number of aromatic nitrogens is 2. The van der Waals surface area contributed by atoms with Gasteiger partial charge in [0.15, 0.2) is 0 Å². The van der Waals surface area contributed by atoms with Crippen molar-refractivity contribution in [1.82, 2.24) is 20.3 Å². The smallest absolute Gasteiger partial charge is 0.329 e. The number of ether oxygens (including phenoxy) is 2. The largest absolute Gasteiger partial charge is 0.460 e. The summed E-state index contributed by atoms with van der Waals surface area (Å²) in [6, 6.07) is 5.90. The van der Waals surface area contributed by atoms with Crippen LogP contribution in [-0.4, -0.2) is 70.4 Å². The molecule has 0 spiro atoms. The summed E-state index contributed by atoms with van der Waals surface area (Å²) in [7, 11) is 3.62. The van der Waals surface area contributed by atoms with E-state index in [0.717, 1.165) is 5.56 Å². The lowest BCUT2D eigenvalue weighted by molar-refractivity contribution is -0.158. The first kappa shape index (κ1) is 35.8. The Morgan fingerprint density at radius 2 is 1.64 bits per heavy atom. The molecule has 2 atom stereocenters. The molecular formula is C31H47N7O6. The Kier molecular flexibility index (Phi) is 12.5. The average Bonchev–Trinajstić information content (AvgIpc) is 2.87. The third kappa shape index (κ3) is 12.4. The van der Waals surface area contributed by atoms with E-state index in [1.807, 2.05) is 26.2 Å². The third-order valence-electron chi connectivity index (χ3n) is 6.14. The molecule has 242 valence electrons. The van der Waals surface area contributed by atoms with Crippen LogP contribution in [0.4, 0.5) is 11.8 Å². The van der Waals surface area contributed by atoms with Gasteiger partial charge in [0.1, 0.15) is 23.1 Å². The Morgan fingerprint density at radius 3 is 2.18 bits per heavy atom. The number of aromatic amines is 1. The van der Waals surface area contributed by atoms with E-state index in [4.69, 9.17) is 20.9 Å². The molecule has 0 aliphatic rings. The van der Waals surface area contributed by atoms with Crippen LogP contribution >= 0.6 is 0 Å². The van der Waals surface area contributed by atoms with E-state index in [-0.39, 0.29) is 36.1 Å². The molecule has 0 saturated carbocycles. The van der Waals surface area contributed by atoms with E-state index in [1.165, 1.54) is 0 Å². The van der Waals surface area contributed by atoms with Gasteiger partial charge in [-0.05, 0) is 84.9 Å². The monoisotopic (exact) mass is 613 g/mol. The molecule has 1 aromatic heterocycles. The minimum Gasteiger partial charge on any atom is -0.460 e. The van der Waals surface area contributed by atoms with Gasteiger partial charge in [0.05, 0.1) is 5.56 Å². The number of carbonyl (C=O) groups excluding carboxylic acids is 3. The van der Waals surface area contributed by atoms with E-state index in [0.29, 0.717) is 30.4 Å². The number of anilines is 2. The van der Waals surface area contributed by atoms with Crippen molar-refractivity contribution in [3.05, 3.63) is 51.3 Å². The lowest BCUT2D eigenvalue weighted by Crippen LogP contribution is -2.44. The number of hydrogen-bond acceptors (Lipinski definition) is 11. The van der Waals surface area contributed by atoms with Crippen LogP contribution in [0.3, 0.4) is 0 Å². The van der Waals surface area contributed by atoms with Crippen molar-refractivity contribution in [2.24, 2.45) is 5.10 Å². The molecule has 1 aromatic carbocycles. The molecule has 1 amide bonds. The number of esters is 2. The molecule has 2 rings (SSSR count). The maximum atomic E-state index is 13.2. The van der Waals surface area contributed by atoms with Crippen molar-refractivity contribution in [3.8, 4) is 0 Å². The average molecular weight is 614 g/mol. The number of amides is 1. The van der Waals surface area contributed by atoms with Crippen LogP contribution < -0.4 is 22.3 Å². The van der Waals surface area contributed by atoms with E-state index in [9.17, 15) is 19.2 Å². The standard InChI is InChI=1S/C31H47N7O6/c1-30(2,3)43-24(39)17-16-23(28(42)44-31(4,5)6)35-26(40)20-14-12-19(13-15-20)21(18-34-38(7)8)10-9-11-22-25(32)36-29(33)37-27(22)41/h12-15,18,21,23H,9-11,16-17H2,1-8H3,(H,35,40)(H5,32,33,36,37,41)/t21?,23-/m0/s1. The highest BCUT2D eigenvalue weighted by molar-refractivity contribution is 5.97. The lowest BCUT2D eigenvalue weighted by Gasteiger charge is -2.25. The minimum absolute atomic E-state index is 0.0214. The van der Waals surface area contributed by atoms with Gasteiger partial charge < -0.3 is 31.3 Å². The Hall–Kier alpha value is -4.42. The van der Waals surface area contributed by atoms with E-state index < -0.39 is 35.1 Å². The maximum absolute atomic E-state index is 13.2. The molecule has 13 nitrogen and oxygen atoms in total. The lowest BCUT2D eigenvalue weighted by atomic mass is 9.93. The van der Waals surface area contributed by atoms with Gasteiger partial charge in [0.2, 0.25) is 5.95 Å². The van der Waals surface area contributed by atoms with Gasteiger partial charge in [-0.15, -0.1) is 0 Å². The van der Waals surface area contributed by atoms with Crippen molar-refractivity contribution in [3.63, 3.8) is 0 Å². The number of hydrazone groups is 1. The normalized spacial score (nSPS) is 13.3. The van der Waals surface area contributed by atoms with Crippen molar-refractivity contribution in [2.45, 2.75) is 96.8 Å². The number of nitrogens with two attached hydrogens (primary N) is 2. The number of carbonyl (C=O) groups is 3. The predicted octanol–water partition coefficient (Wildman–Crippen LogP) is 3.15. The van der Waals surface area contributed by atoms with Crippen LogP contribution in [0.1, 0.15) is 94.6 Å². The fraction of sp³-hybridized carbons (Fsp3) is 0.548. The topological polar surface area (TPSA) is 195 Å². The highest BCUT2D eigenvalue weighted by Crippen LogP contribution is 2.22. The summed E-state index contributed by atoms with van der Waals surface area (Å²) in [6.07, 6.45) is 3.40. The first-order chi connectivity index (χ1) is 20.3. The molecule has 0 aliphatic carbocycles. The van der Waals surface area contributed by atoms with Crippen LogP contribution in [0.5, 0.6) is 0 Å². The fourth-order valence-corrected chi connectivity index (χ4v) is 4.21. The van der Waals surface area contributed by atoms with E-state index in [1.54, 1.807) is 64.9 Å². The first-order valence-corrected chi connectivity index (χ1v) is 14.6. The Balaban J connectivity index is 2.17. The van der Waals surface area contributed by atoms with Crippen molar-refractivity contribution in [1.29, 1.82) is 0 Å². The van der Waals surface area contributed by atoms with Gasteiger partial charge in [0, 0.05) is 38.2 Å². The molecule has 44 heavy (non-hydrogen) atoms. The van der Waals surface area contributed by atoms with Crippen LogP contribution in [0.2, 0.25) is 0 Å². The number of nitrogens with zero attached hydrogens (tertiary/aromatic N) is 3. The fourth-order valence-electron chi connectivity index (χ4n) is 4.21. The molecule has 1 unspecified atom stereocenters. The Morgan fingerprint density at radius 1 is 1.02 bits per heavy atom. The molecule has 1 heterocycles. The zero-order chi connectivity index (χ0) is 33.2. The minimum atomic E-state index is -1.05. The number of benzene rings is 1. The van der Waals surface area contributed by atoms with Crippen molar-refractivity contribution in [2.75, 3.05) is 25.6 Å². The zero-order valence-corrected chi connectivity index (χ0v) is 27.0. The number of hydrogen-bond donors (Lipinski definition) is 4. The SMILES string of the molecule is CN(C)N=CC(CCCc1c(N)nc(N)[nH]c1=O)c1ccc(C(=O)N[C@@H](CCC(=O)OC(C)(C)C)C(=O)OC(C)(C)C)cc1. The summed E-state index contributed by atoms with van der Waals surface area (Å²) < 4.78 is 10.8. The molecule has 6 N–H and O–H groups in total. The third-order valence-corrected chi connectivity index (χ3v) is 6.14. The summed E-state index contributed by atoms with van der Waals surface area (Å²) in [6.45, 7) is 10.5. The number of nitrogen functional groups attached to an aromatic ring is 2. The summed E-state index contributed by atoms with van der Waals surface area (Å²) in [5.74, 6) is -1.65. The van der Waals surface area contributed by atoms with Crippen LogP contribution in [0, 0.1) is 0 Å². The highest BCUT2D eigenvalue weighted by Gasteiger charge is 2.28. The molecular weight excluding hydrogens is 566 g/mol. The van der Waals surface area contributed by atoms with Gasteiger partial charge in [-0.2, -0.15) is 10.1 Å². The first-order valence-electron chi connectivity index (χ1n) is 14.6. The number of H-pyrrole nitrogens is 1. The zero-order valence-electron chi connectivity index (χ0n) is 27.0. The van der Waals surface area contributed by atoms with E-state index in [2.05, 4.69) is 20.4 Å². The van der Waals surface area contributed by atoms with Crippen molar-refractivity contribution >= 4 is 35.8 Å². The van der Waals surface area contributed by atoms with Gasteiger partial charge in [0.25, 0.3) is 11.5 Å². The van der Waals surface area contributed by atoms with Crippen molar-refractivity contribution < 1.29 is 23.9 Å². The second-order valence-corrected chi connectivity index (χ2v) is 12.7. The molecule has 13 heteroatoms. The highest BCUT2D eigenvalue weighted by atomic mass is 16.6. The van der Waals surface area contributed by atoms with Crippen LogP contribution in [0.25, 0.3) is 0 Å². The van der Waals surface area contributed by atoms with Gasteiger partial charge in [-0.1, -0.05) is 12.1 Å². The maximum Gasteiger partial charge on any atom is 0.329 e. The van der Waals surface area contributed by atoms with Gasteiger partial charge in [-0.3, -0.25) is 19.4 Å². The Bertz CT molecular complexity index is 1370. The summed E-state index contributed by atoms with van der Waals surface area (Å²) in [4.78, 5) is 57.1. The molecule has 0 radical (unpaired) electrons. The number of nitrogens with one attached hydrogen (secondary N) is 2. The summed E-state index contributed by atoms with van der Waals surface area (Å²) in [5.41, 5.74) is 11.3. The molecule has 2 aromatic rings. The quantitative estimate of drug-likeness (QED) is 0.148. The van der Waals surface area contributed by atoms with Gasteiger partial charge >= 0.3 is 11.9 Å². The predicted molar refractivity (Wildman–Crippen MR) is 170 cm³/mol. The Labute approximate surface area is 258 Å². The second-order valence-electron chi connectivity index (χ2n) is 12.7. The van der Waals surface area contributed by atoms with E-state index >= 15 is 0 Å². The summed E-state index contributed by atoms with van der Waals surface area (Å²) >= 11 is 0. The molecule has 0 aliphatic heterocycles. The van der Waals surface area contributed by atoms with Crippen LogP contribution in [-0.2, 0) is 25.5 Å². The molecule has 0 bridgehead atoms. The van der Waals surface area contributed by atoms with Crippen LogP contribution in [0.15, 0.2) is 34.2 Å². The second kappa shape index (κ2) is 15.3.